The lowest BCUT2D eigenvalue weighted by molar-refractivity contribution is 0.102. The van der Waals surface area contributed by atoms with Crippen molar-refractivity contribution >= 4 is 55.8 Å². The summed E-state index contributed by atoms with van der Waals surface area (Å²) in [6, 6.07) is 8.43. The van der Waals surface area contributed by atoms with E-state index in [2.05, 4.69) is 10.3 Å². The van der Waals surface area contributed by atoms with E-state index >= 15 is 0 Å². The van der Waals surface area contributed by atoms with E-state index in [1.165, 1.54) is 11.3 Å². The molecule has 0 radical (unpaired) electrons. The van der Waals surface area contributed by atoms with Crippen LogP contribution in [0, 0.1) is 0 Å². The van der Waals surface area contributed by atoms with Crippen molar-refractivity contribution in [1.29, 1.82) is 0 Å². The van der Waals surface area contributed by atoms with E-state index in [1.54, 1.807) is 30.3 Å². The van der Waals surface area contributed by atoms with Crippen LogP contribution in [0.1, 0.15) is 10.4 Å². The fourth-order valence-corrected chi connectivity index (χ4v) is 3.77. The van der Waals surface area contributed by atoms with Crippen molar-refractivity contribution in [1.82, 2.24) is 4.98 Å². The summed E-state index contributed by atoms with van der Waals surface area (Å²) in [5.74, 6) is 0.902. The Kier molecular flexibility index (Phi) is 3.96. The number of benzene rings is 2. The highest BCUT2D eigenvalue weighted by Gasteiger charge is 2.17. The van der Waals surface area contributed by atoms with Crippen LogP contribution in [0.25, 0.3) is 10.2 Å². The lowest BCUT2D eigenvalue weighted by Gasteiger charge is -2.18. The number of thiazole rings is 1. The molecule has 2 heterocycles. The first-order chi connectivity index (χ1) is 11.6. The SMILES string of the molecule is O=C(Nc1nc2c(Cl)ccc(Cl)c2s1)c1ccc2c(c1)OCCO2. The average molecular weight is 381 g/mol. The molecule has 0 fully saturated rings. The fraction of sp³-hybridized carbons (Fsp3) is 0.125. The minimum Gasteiger partial charge on any atom is -0.486 e. The topological polar surface area (TPSA) is 60.5 Å². The molecule has 122 valence electrons. The number of carbonyl (C=O) groups is 1. The molecule has 4 rings (SSSR count). The van der Waals surface area contributed by atoms with Gasteiger partial charge >= 0.3 is 0 Å². The highest BCUT2D eigenvalue weighted by molar-refractivity contribution is 7.23. The summed E-state index contributed by atoms with van der Waals surface area (Å²) in [5, 5.41) is 4.23. The third-order valence-electron chi connectivity index (χ3n) is 3.47. The molecule has 0 bridgehead atoms. The highest BCUT2D eigenvalue weighted by Crippen LogP contribution is 2.36. The van der Waals surface area contributed by atoms with E-state index in [0.29, 0.717) is 51.0 Å². The van der Waals surface area contributed by atoms with Crippen molar-refractivity contribution in [2.24, 2.45) is 0 Å². The van der Waals surface area contributed by atoms with Gasteiger partial charge in [0.05, 0.1) is 14.7 Å². The molecule has 1 aliphatic heterocycles. The molecule has 0 saturated carbocycles. The minimum atomic E-state index is -0.293. The van der Waals surface area contributed by atoms with Gasteiger partial charge in [-0.15, -0.1) is 0 Å². The second-order valence-corrected chi connectivity index (χ2v) is 6.85. The Bertz CT molecular complexity index is 919. The second kappa shape index (κ2) is 6.12. The molecule has 0 unspecified atom stereocenters. The van der Waals surface area contributed by atoms with Crippen molar-refractivity contribution < 1.29 is 14.3 Å². The van der Waals surface area contributed by atoms with Crippen LogP contribution >= 0.6 is 34.5 Å². The summed E-state index contributed by atoms with van der Waals surface area (Å²) in [5.41, 5.74) is 1.03. The number of rotatable bonds is 2. The van der Waals surface area contributed by atoms with Crippen LogP contribution in [-0.2, 0) is 0 Å². The molecule has 5 nitrogen and oxygen atoms in total. The van der Waals surface area contributed by atoms with Crippen molar-refractivity contribution in [2.45, 2.75) is 0 Å². The predicted octanol–water partition coefficient (Wildman–Crippen LogP) is 4.63. The maximum Gasteiger partial charge on any atom is 0.257 e. The zero-order chi connectivity index (χ0) is 16.7. The lowest BCUT2D eigenvalue weighted by Crippen LogP contribution is -2.17. The Morgan fingerprint density at radius 3 is 2.62 bits per heavy atom. The number of fused-ring (bicyclic) bond motifs is 2. The van der Waals surface area contributed by atoms with Crippen LogP contribution in [0.2, 0.25) is 10.0 Å². The first kappa shape index (κ1) is 15.5. The Morgan fingerprint density at radius 2 is 1.83 bits per heavy atom. The number of aromatic nitrogens is 1. The number of hydrogen-bond donors (Lipinski definition) is 1. The van der Waals surface area contributed by atoms with E-state index in [-0.39, 0.29) is 5.91 Å². The zero-order valence-corrected chi connectivity index (χ0v) is 14.5. The lowest BCUT2D eigenvalue weighted by atomic mass is 10.2. The molecule has 0 saturated heterocycles. The van der Waals surface area contributed by atoms with Gasteiger partial charge in [-0.3, -0.25) is 10.1 Å². The molecule has 8 heteroatoms. The minimum absolute atomic E-state index is 0.293. The van der Waals surface area contributed by atoms with Crippen molar-refractivity contribution in [3.05, 3.63) is 45.9 Å². The van der Waals surface area contributed by atoms with Crippen LogP contribution in [0.3, 0.4) is 0 Å². The van der Waals surface area contributed by atoms with Gasteiger partial charge in [0, 0.05) is 5.56 Å². The number of nitrogens with one attached hydrogen (secondary N) is 1. The zero-order valence-electron chi connectivity index (χ0n) is 12.1. The number of ether oxygens (including phenoxy) is 2. The van der Waals surface area contributed by atoms with Gasteiger partial charge < -0.3 is 9.47 Å². The summed E-state index contributed by atoms with van der Waals surface area (Å²) in [6.45, 7) is 0.971. The van der Waals surface area contributed by atoms with E-state index in [1.807, 2.05) is 0 Å². The summed E-state index contributed by atoms with van der Waals surface area (Å²) in [6.07, 6.45) is 0. The number of amides is 1. The van der Waals surface area contributed by atoms with Crippen molar-refractivity contribution in [2.75, 3.05) is 18.5 Å². The highest BCUT2D eigenvalue weighted by atomic mass is 35.5. The van der Waals surface area contributed by atoms with E-state index in [0.717, 1.165) is 4.70 Å². The molecule has 0 atom stereocenters. The summed E-state index contributed by atoms with van der Waals surface area (Å²) in [4.78, 5) is 16.8. The van der Waals surface area contributed by atoms with Gasteiger partial charge in [0.15, 0.2) is 16.6 Å². The third-order valence-corrected chi connectivity index (χ3v) is 5.21. The Hall–Kier alpha value is -2.02. The van der Waals surface area contributed by atoms with E-state index in [9.17, 15) is 4.79 Å². The van der Waals surface area contributed by atoms with Gasteiger partial charge in [-0.1, -0.05) is 34.5 Å². The predicted molar refractivity (Wildman–Crippen MR) is 95.0 cm³/mol. The van der Waals surface area contributed by atoms with Gasteiger partial charge in [-0.25, -0.2) is 4.98 Å². The average Bonchev–Trinajstić information content (AvgIpc) is 3.03. The second-order valence-electron chi connectivity index (χ2n) is 5.04. The van der Waals surface area contributed by atoms with Crippen molar-refractivity contribution in [3.63, 3.8) is 0 Å². The maximum absolute atomic E-state index is 12.4. The summed E-state index contributed by atoms with van der Waals surface area (Å²) in [7, 11) is 0. The smallest absolute Gasteiger partial charge is 0.257 e. The van der Waals surface area contributed by atoms with Crippen LogP contribution < -0.4 is 14.8 Å². The van der Waals surface area contributed by atoms with Crippen molar-refractivity contribution in [3.8, 4) is 11.5 Å². The Morgan fingerprint density at radius 1 is 1.08 bits per heavy atom. The first-order valence-corrected chi connectivity index (χ1v) is 8.64. The molecule has 1 aliphatic rings. The standard InChI is InChI=1S/C16H10Cl2N2O3S/c17-9-2-3-10(18)14-13(9)19-16(24-14)20-15(21)8-1-4-11-12(7-8)23-6-5-22-11/h1-4,7H,5-6H2,(H,19,20,21). The number of nitrogens with zero attached hydrogens (tertiary/aromatic N) is 1. The largest absolute Gasteiger partial charge is 0.486 e. The summed E-state index contributed by atoms with van der Waals surface area (Å²) >= 11 is 13.5. The number of carbonyl (C=O) groups excluding carboxylic acids is 1. The fourth-order valence-electron chi connectivity index (χ4n) is 2.35. The molecule has 0 aliphatic carbocycles. The van der Waals surface area contributed by atoms with Crippen LogP contribution in [0.15, 0.2) is 30.3 Å². The quantitative estimate of drug-likeness (QED) is 0.703. The molecule has 24 heavy (non-hydrogen) atoms. The first-order valence-electron chi connectivity index (χ1n) is 7.07. The Labute approximate surface area is 151 Å². The molecular formula is C16H10Cl2N2O3S. The third kappa shape index (κ3) is 2.77. The Balaban J connectivity index is 1.62. The van der Waals surface area contributed by atoms with Gasteiger partial charge in [-0.05, 0) is 30.3 Å². The number of halogens is 2. The molecular weight excluding hydrogens is 371 g/mol. The number of hydrogen-bond acceptors (Lipinski definition) is 5. The van der Waals surface area contributed by atoms with Gasteiger partial charge in [0.1, 0.15) is 18.7 Å². The van der Waals surface area contributed by atoms with Gasteiger partial charge in [0.25, 0.3) is 5.91 Å². The molecule has 1 aromatic heterocycles. The van der Waals surface area contributed by atoms with Gasteiger partial charge in [-0.2, -0.15) is 0 Å². The summed E-state index contributed by atoms with van der Waals surface area (Å²) < 4.78 is 11.7. The van der Waals surface area contributed by atoms with Gasteiger partial charge in [0.2, 0.25) is 0 Å². The van der Waals surface area contributed by atoms with Crippen LogP contribution in [0.4, 0.5) is 5.13 Å². The molecule has 2 aromatic carbocycles. The van der Waals surface area contributed by atoms with E-state index in [4.69, 9.17) is 32.7 Å². The van der Waals surface area contributed by atoms with Crippen LogP contribution in [-0.4, -0.2) is 24.1 Å². The maximum atomic E-state index is 12.4. The van der Waals surface area contributed by atoms with Crippen LogP contribution in [0.5, 0.6) is 11.5 Å². The number of anilines is 1. The monoisotopic (exact) mass is 380 g/mol. The molecule has 0 spiro atoms. The molecule has 3 aromatic rings. The normalized spacial score (nSPS) is 13.1. The van der Waals surface area contributed by atoms with E-state index < -0.39 is 0 Å². The molecule has 1 amide bonds. The molecule has 1 N–H and O–H groups in total.